The third kappa shape index (κ3) is 2.86. The van der Waals surface area contributed by atoms with Crippen LogP contribution >= 0.6 is 0 Å². The van der Waals surface area contributed by atoms with E-state index in [-0.39, 0.29) is 18.0 Å². The Morgan fingerprint density at radius 2 is 2.08 bits per heavy atom. The number of carbonyl (C=O) groups is 2. The zero-order valence-corrected chi connectivity index (χ0v) is 13.2. The molecule has 1 aromatic heterocycles. The molecule has 6 nitrogen and oxygen atoms in total. The molecule has 0 spiro atoms. The lowest BCUT2D eigenvalue weighted by atomic mass is 10.2. The van der Waals surface area contributed by atoms with E-state index >= 15 is 0 Å². The first-order valence-corrected chi connectivity index (χ1v) is 7.49. The van der Waals surface area contributed by atoms with Crippen LogP contribution in [0.4, 0.5) is 20.3 Å². The summed E-state index contributed by atoms with van der Waals surface area (Å²) in [6.45, 7) is 3.80. The number of rotatable bonds is 3. The number of halogens is 2. The molecule has 1 unspecified atom stereocenters. The van der Waals surface area contributed by atoms with Crippen molar-refractivity contribution in [2.75, 3.05) is 10.2 Å². The van der Waals surface area contributed by atoms with Crippen LogP contribution in [0.1, 0.15) is 19.0 Å². The zero-order valence-electron chi connectivity index (χ0n) is 13.2. The van der Waals surface area contributed by atoms with E-state index in [1.807, 2.05) is 0 Å². The molecule has 0 saturated heterocycles. The molecular weight excluding hydrogens is 318 g/mol. The average Bonchev–Trinajstić information content (AvgIpc) is 2.89. The van der Waals surface area contributed by atoms with Gasteiger partial charge in [0.05, 0.1) is 17.9 Å². The van der Waals surface area contributed by atoms with Gasteiger partial charge in [0, 0.05) is 18.6 Å². The molecule has 0 bridgehead atoms. The molecule has 0 fully saturated rings. The quantitative estimate of drug-likeness (QED) is 0.936. The summed E-state index contributed by atoms with van der Waals surface area (Å²) in [5.74, 6) is -1.85. The van der Waals surface area contributed by atoms with Gasteiger partial charge in [-0.3, -0.25) is 14.5 Å². The molecule has 1 aliphatic heterocycles. The SMILES string of the molecule is Cc1cc2n(n1)CCC(=O)N2C(C)C(=O)Nc1ccc(F)cc1F. The Balaban J connectivity index is 1.84. The molecule has 1 atom stereocenters. The van der Waals surface area contributed by atoms with Gasteiger partial charge in [0.2, 0.25) is 11.8 Å². The first-order chi connectivity index (χ1) is 11.4. The van der Waals surface area contributed by atoms with Crippen LogP contribution in [0, 0.1) is 18.6 Å². The van der Waals surface area contributed by atoms with Crippen LogP contribution in [0.5, 0.6) is 0 Å². The fourth-order valence-corrected chi connectivity index (χ4v) is 2.70. The predicted molar refractivity (Wildman–Crippen MR) is 83.5 cm³/mol. The minimum absolute atomic E-state index is 0.137. The van der Waals surface area contributed by atoms with Crippen molar-refractivity contribution in [1.29, 1.82) is 0 Å². The third-order valence-electron chi connectivity index (χ3n) is 3.89. The van der Waals surface area contributed by atoms with Gasteiger partial charge in [0.1, 0.15) is 23.5 Å². The number of carbonyl (C=O) groups excluding carboxylic acids is 2. The molecule has 1 aromatic carbocycles. The van der Waals surface area contributed by atoms with Crippen LogP contribution in [0.15, 0.2) is 24.3 Å². The van der Waals surface area contributed by atoms with Gasteiger partial charge < -0.3 is 5.32 Å². The van der Waals surface area contributed by atoms with Crippen molar-refractivity contribution in [3.05, 3.63) is 41.6 Å². The minimum atomic E-state index is -0.874. The van der Waals surface area contributed by atoms with Gasteiger partial charge in [0.15, 0.2) is 0 Å². The van der Waals surface area contributed by atoms with Crippen molar-refractivity contribution < 1.29 is 18.4 Å². The maximum atomic E-state index is 13.7. The summed E-state index contributed by atoms with van der Waals surface area (Å²) in [5, 5.41) is 6.66. The molecule has 24 heavy (non-hydrogen) atoms. The molecule has 126 valence electrons. The number of nitrogens with one attached hydrogen (secondary N) is 1. The maximum absolute atomic E-state index is 13.7. The number of benzene rings is 1. The summed E-state index contributed by atoms with van der Waals surface area (Å²) in [6, 6.07) is 3.73. The first kappa shape index (κ1) is 16.1. The van der Waals surface area contributed by atoms with Gasteiger partial charge in [-0.1, -0.05) is 0 Å². The van der Waals surface area contributed by atoms with E-state index in [0.29, 0.717) is 18.4 Å². The van der Waals surface area contributed by atoms with E-state index in [1.54, 1.807) is 24.6 Å². The van der Waals surface area contributed by atoms with Crippen molar-refractivity contribution in [2.24, 2.45) is 0 Å². The van der Waals surface area contributed by atoms with Crippen molar-refractivity contribution in [3.8, 4) is 0 Å². The van der Waals surface area contributed by atoms with Crippen LogP contribution in [0.25, 0.3) is 0 Å². The second kappa shape index (κ2) is 6.03. The summed E-state index contributed by atoms with van der Waals surface area (Å²) in [4.78, 5) is 26.0. The van der Waals surface area contributed by atoms with Crippen molar-refractivity contribution >= 4 is 23.3 Å². The number of nitrogens with zero attached hydrogens (tertiary/aromatic N) is 3. The highest BCUT2D eigenvalue weighted by molar-refractivity contribution is 6.04. The Kier molecular flexibility index (Phi) is 4.04. The fraction of sp³-hybridized carbons (Fsp3) is 0.312. The molecule has 0 aliphatic carbocycles. The molecule has 0 radical (unpaired) electrons. The van der Waals surface area contributed by atoms with Gasteiger partial charge >= 0.3 is 0 Å². The lowest BCUT2D eigenvalue weighted by Crippen LogP contribution is -2.49. The Bertz CT molecular complexity index is 818. The van der Waals surface area contributed by atoms with Gasteiger partial charge in [-0.25, -0.2) is 13.5 Å². The molecule has 3 rings (SSSR count). The molecule has 2 heterocycles. The van der Waals surface area contributed by atoms with E-state index in [4.69, 9.17) is 0 Å². The molecule has 2 aromatic rings. The maximum Gasteiger partial charge on any atom is 0.247 e. The largest absolute Gasteiger partial charge is 0.322 e. The minimum Gasteiger partial charge on any atom is -0.322 e. The van der Waals surface area contributed by atoms with Crippen LogP contribution in [-0.4, -0.2) is 27.6 Å². The highest BCUT2D eigenvalue weighted by Gasteiger charge is 2.33. The molecule has 1 N–H and O–H groups in total. The number of anilines is 2. The molecule has 1 aliphatic rings. The number of hydrogen-bond donors (Lipinski definition) is 1. The fourth-order valence-electron chi connectivity index (χ4n) is 2.70. The van der Waals surface area contributed by atoms with Crippen molar-refractivity contribution in [1.82, 2.24) is 9.78 Å². The second-order valence-electron chi connectivity index (χ2n) is 5.67. The molecule has 8 heteroatoms. The van der Waals surface area contributed by atoms with Crippen molar-refractivity contribution in [2.45, 2.75) is 32.9 Å². The van der Waals surface area contributed by atoms with Crippen LogP contribution < -0.4 is 10.2 Å². The molecular formula is C16H16F2N4O2. The summed E-state index contributed by atoms with van der Waals surface area (Å²) in [6.07, 6.45) is 0.233. The summed E-state index contributed by atoms with van der Waals surface area (Å²) in [7, 11) is 0. The molecule has 0 saturated carbocycles. The van der Waals surface area contributed by atoms with Gasteiger partial charge in [-0.05, 0) is 26.0 Å². The van der Waals surface area contributed by atoms with Crippen molar-refractivity contribution in [3.63, 3.8) is 0 Å². The standard InChI is InChI=1S/C16H16F2N4O2/c1-9-7-14-21(20-9)6-5-15(23)22(14)10(2)16(24)19-13-4-3-11(17)8-12(13)18/h3-4,7-8,10H,5-6H2,1-2H3,(H,19,24). The average molecular weight is 334 g/mol. The number of aromatic nitrogens is 2. The summed E-state index contributed by atoms with van der Waals surface area (Å²) >= 11 is 0. The van der Waals surface area contributed by atoms with Gasteiger partial charge in [-0.2, -0.15) is 5.10 Å². The third-order valence-corrected chi connectivity index (χ3v) is 3.89. The lowest BCUT2D eigenvalue weighted by Gasteiger charge is -2.31. The van der Waals surface area contributed by atoms with Gasteiger partial charge in [0.25, 0.3) is 0 Å². The van der Waals surface area contributed by atoms with E-state index in [0.717, 1.165) is 17.8 Å². The Hall–Kier alpha value is -2.77. The highest BCUT2D eigenvalue weighted by Crippen LogP contribution is 2.25. The van der Waals surface area contributed by atoms with Crippen LogP contribution in [0.2, 0.25) is 0 Å². The molecule has 2 amide bonds. The second-order valence-corrected chi connectivity index (χ2v) is 5.67. The van der Waals surface area contributed by atoms with E-state index in [9.17, 15) is 18.4 Å². The van der Waals surface area contributed by atoms with Gasteiger partial charge in [-0.15, -0.1) is 0 Å². The zero-order chi connectivity index (χ0) is 17.4. The Labute approximate surface area is 137 Å². The van der Waals surface area contributed by atoms with E-state index in [1.165, 1.54) is 4.90 Å². The number of hydrogen-bond acceptors (Lipinski definition) is 3. The Morgan fingerprint density at radius 1 is 1.33 bits per heavy atom. The highest BCUT2D eigenvalue weighted by atomic mass is 19.1. The topological polar surface area (TPSA) is 67.2 Å². The predicted octanol–water partition coefficient (Wildman–Crippen LogP) is 2.23. The number of amides is 2. The van der Waals surface area contributed by atoms with Crippen LogP contribution in [0.3, 0.4) is 0 Å². The summed E-state index contributed by atoms with van der Waals surface area (Å²) in [5.41, 5.74) is 0.601. The normalized spacial score (nSPS) is 15.2. The van der Waals surface area contributed by atoms with E-state index < -0.39 is 23.6 Å². The van der Waals surface area contributed by atoms with E-state index in [2.05, 4.69) is 10.4 Å². The smallest absolute Gasteiger partial charge is 0.247 e. The monoisotopic (exact) mass is 334 g/mol. The Morgan fingerprint density at radius 3 is 2.79 bits per heavy atom. The number of aryl methyl sites for hydroxylation is 2. The summed E-state index contributed by atoms with van der Waals surface area (Å²) < 4.78 is 28.3. The number of fused-ring (bicyclic) bond motifs is 1. The first-order valence-electron chi connectivity index (χ1n) is 7.49. The van der Waals surface area contributed by atoms with Crippen LogP contribution in [-0.2, 0) is 16.1 Å². The lowest BCUT2D eigenvalue weighted by molar-refractivity contribution is -0.124.